The van der Waals surface area contributed by atoms with Gasteiger partial charge in [0, 0.05) is 26.2 Å². The van der Waals surface area contributed by atoms with Crippen LogP contribution >= 0.6 is 0 Å². The van der Waals surface area contributed by atoms with Crippen molar-refractivity contribution in [3.63, 3.8) is 0 Å². The molecule has 0 radical (unpaired) electrons. The Morgan fingerprint density at radius 2 is 2.00 bits per heavy atom. The first-order valence-corrected chi connectivity index (χ1v) is 8.48. The molecule has 0 saturated carbocycles. The third-order valence-corrected chi connectivity index (χ3v) is 5.82. The number of piperidine rings is 1. The summed E-state index contributed by atoms with van der Waals surface area (Å²) < 4.78 is 33.2. The second-order valence-electron chi connectivity index (χ2n) is 5.61. The summed E-state index contributed by atoms with van der Waals surface area (Å²) in [5, 5.41) is 18.2. The molecule has 0 aromatic rings. The van der Waals surface area contributed by atoms with Crippen LogP contribution < -0.4 is 0 Å². The Bertz CT molecular complexity index is 482. The molecular weight excluding hydrogens is 300 g/mol. The highest BCUT2D eigenvalue weighted by molar-refractivity contribution is 7.86. The van der Waals surface area contributed by atoms with Gasteiger partial charge >= 0.3 is 5.97 Å². The van der Waals surface area contributed by atoms with Crippen LogP contribution in [-0.4, -0.2) is 78.2 Å². The molecule has 9 heteroatoms. The number of hydrogen-bond acceptors (Lipinski definition) is 5. The van der Waals surface area contributed by atoms with Gasteiger partial charge in [0.1, 0.15) is 0 Å². The Kier molecular flexibility index (Phi) is 5.20. The van der Waals surface area contributed by atoms with Crippen LogP contribution in [0.2, 0.25) is 0 Å². The van der Waals surface area contributed by atoms with Crippen molar-refractivity contribution >= 4 is 16.2 Å². The lowest BCUT2D eigenvalue weighted by Crippen LogP contribution is -2.56. The second-order valence-corrected chi connectivity index (χ2v) is 7.54. The van der Waals surface area contributed by atoms with Crippen LogP contribution in [0.25, 0.3) is 0 Å². The van der Waals surface area contributed by atoms with Gasteiger partial charge in [0.2, 0.25) is 0 Å². The molecule has 2 N–H and O–H groups in total. The summed E-state index contributed by atoms with van der Waals surface area (Å²) in [4.78, 5) is 11.1. The van der Waals surface area contributed by atoms with E-state index in [1.165, 1.54) is 8.61 Å². The fourth-order valence-corrected chi connectivity index (χ4v) is 4.62. The van der Waals surface area contributed by atoms with Crippen LogP contribution in [0.3, 0.4) is 0 Å². The largest absolute Gasteiger partial charge is 0.481 e. The summed E-state index contributed by atoms with van der Waals surface area (Å²) in [7, 11) is -3.72. The van der Waals surface area contributed by atoms with E-state index in [1.54, 1.807) is 6.92 Å². The van der Waals surface area contributed by atoms with E-state index in [4.69, 9.17) is 9.84 Å². The number of carboxylic acid groups (broad SMARTS) is 1. The van der Waals surface area contributed by atoms with Crippen molar-refractivity contribution in [3.05, 3.63) is 0 Å². The van der Waals surface area contributed by atoms with Gasteiger partial charge in [-0.05, 0) is 19.8 Å². The molecule has 2 fully saturated rings. The van der Waals surface area contributed by atoms with E-state index < -0.39 is 28.2 Å². The first-order valence-electron chi connectivity index (χ1n) is 7.09. The topological polar surface area (TPSA) is 107 Å². The van der Waals surface area contributed by atoms with E-state index >= 15 is 0 Å². The molecule has 2 rings (SSSR count). The van der Waals surface area contributed by atoms with Crippen molar-refractivity contribution in [2.24, 2.45) is 5.92 Å². The Morgan fingerprint density at radius 1 is 1.29 bits per heavy atom. The number of rotatable bonds is 4. The van der Waals surface area contributed by atoms with E-state index in [9.17, 15) is 18.3 Å². The van der Waals surface area contributed by atoms with Gasteiger partial charge in [0.15, 0.2) is 0 Å². The van der Waals surface area contributed by atoms with Crippen molar-refractivity contribution < 1.29 is 28.2 Å². The molecule has 122 valence electrons. The van der Waals surface area contributed by atoms with Gasteiger partial charge in [-0.1, -0.05) is 0 Å². The lowest BCUT2D eigenvalue weighted by Gasteiger charge is -2.39. The summed E-state index contributed by atoms with van der Waals surface area (Å²) >= 11 is 0. The van der Waals surface area contributed by atoms with E-state index in [1.807, 2.05) is 0 Å². The van der Waals surface area contributed by atoms with Crippen LogP contribution in [0.5, 0.6) is 0 Å². The number of aliphatic carboxylic acids is 1. The Morgan fingerprint density at radius 3 is 2.62 bits per heavy atom. The number of ether oxygens (including phenoxy) is 1. The summed E-state index contributed by atoms with van der Waals surface area (Å²) in [5.74, 6) is -1.61. The molecule has 2 aliphatic heterocycles. The molecule has 0 spiro atoms. The monoisotopic (exact) mass is 322 g/mol. The first kappa shape index (κ1) is 16.6. The maximum absolute atomic E-state index is 12.6. The predicted octanol–water partition coefficient (Wildman–Crippen LogP) is -0.891. The van der Waals surface area contributed by atoms with E-state index in [2.05, 4.69) is 0 Å². The highest BCUT2D eigenvalue weighted by Crippen LogP contribution is 2.23. The third kappa shape index (κ3) is 3.72. The van der Waals surface area contributed by atoms with Gasteiger partial charge in [0.25, 0.3) is 10.2 Å². The molecule has 2 aliphatic rings. The molecule has 0 aromatic heterocycles. The van der Waals surface area contributed by atoms with Gasteiger partial charge in [-0.15, -0.1) is 0 Å². The summed E-state index contributed by atoms with van der Waals surface area (Å²) in [6.45, 7) is 2.16. The third-order valence-electron chi connectivity index (χ3n) is 3.88. The molecule has 0 aromatic carbocycles. The number of carbonyl (C=O) groups is 1. The standard InChI is InChI=1S/C12H22N2O6S/c1-9-5-14(7-11(8-15)20-9)21(18,19)13-4-2-3-10(6-13)12(16)17/h9-11,15H,2-8H2,1H3,(H,16,17). The van der Waals surface area contributed by atoms with E-state index in [0.717, 1.165) is 0 Å². The minimum Gasteiger partial charge on any atom is -0.481 e. The fourth-order valence-electron chi connectivity index (χ4n) is 2.81. The molecule has 0 bridgehead atoms. The van der Waals surface area contributed by atoms with Crippen molar-refractivity contribution in [2.75, 3.05) is 32.8 Å². The SMILES string of the molecule is CC1CN(S(=O)(=O)N2CCCC(C(=O)O)C2)CC(CO)O1. The number of morpholine rings is 1. The van der Waals surface area contributed by atoms with Crippen molar-refractivity contribution in [3.8, 4) is 0 Å². The van der Waals surface area contributed by atoms with Crippen LogP contribution in [0, 0.1) is 5.92 Å². The zero-order chi connectivity index (χ0) is 15.6. The Balaban J connectivity index is 2.11. The highest BCUT2D eigenvalue weighted by Gasteiger charge is 2.39. The van der Waals surface area contributed by atoms with Crippen LogP contribution in [0.15, 0.2) is 0 Å². The molecule has 8 nitrogen and oxygen atoms in total. The van der Waals surface area contributed by atoms with Crippen LogP contribution in [-0.2, 0) is 19.7 Å². The van der Waals surface area contributed by atoms with Gasteiger partial charge in [-0.2, -0.15) is 17.0 Å². The average Bonchev–Trinajstić information content (AvgIpc) is 2.46. The molecule has 0 amide bonds. The minimum absolute atomic E-state index is 0.00714. The molecular formula is C12H22N2O6S. The smallest absolute Gasteiger partial charge is 0.307 e. The van der Waals surface area contributed by atoms with Gasteiger partial charge in [-0.3, -0.25) is 4.79 Å². The summed E-state index contributed by atoms with van der Waals surface area (Å²) in [6, 6.07) is 0. The van der Waals surface area contributed by atoms with Gasteiger partial charge in [-0.25, -0.2) is 0 Å². The zero-order valence-corrected chi connectivity index (χ0v) is 12.8. The number of nitrogens with zero attached hydrogens (tertiary/aromatic N) is 2. The van der Waals surface area contributed by atoms with Gasteiger partial charge in [0.05, 0.1) is 24.7 Å². The normalized spacial score (nSPS) is 33.0. The van der Waals surface area contributed by atoms with Crippen molar-refractivity contribution in [2.45, 2.75) is 32.0 Å². The van der Waals surface area contributed by atoms with E-state index in [0.29, 0.717) is 19.4 Å². The second kappa shape index (κ2) is 6.57. The number of carboxylic acids is 1. The Labute approximate surface area is 124 Å². The number of aliphatic hydroxyl groups is 1. The molecule has 3 unspecified atom stereocenters. The van der Waals surface area contributed by atoms with Crippen LogP contribution in [0.4, 0.5) is 0 Å². The lowest BCUT2D eigenvalue weighted by molar-refractivity contribution is -0.142. The maximum atomic E-state index is 12.6. The van der Waals surface area contributed by atoms with Crippen LogP contribution in [0.1, 0.15) is 19.8 Å². The Hall–Kier alpha value is -0.740. The average molecular weight is 322 g/mol. The fraction of sp³-hybridized carbons (Fsp3) is 0.917. The van der Waals surface area contributed by atoms with Crippen molar-refractivity contribution in [1.29, 1.82) is 0 Å². The first-order chi connectivity index (χ1) is 9.84. The molecule has 3 atom stereocenters. The maximum Gasteiger partial charge on any atom is 0.307 e. The molecule has 2 saturated heterocycles. The van der Waals surface area contributed by atoms with Gasteiger partial charge < -0.3 is 14.9 Å². The molecule has 0 aliphatic carbocycles. The lowest BCUT2D eigenvalue weighted by atomic mass is 10.0. The summed E-state index contributed by atoms with van der Waals surface area (Å²) in [6.07, 6.45) is 0.203. The van der Waals surface area contributed by atoms with E-state index in [-0.39, 0.29) is 32.3 Å². The minimum atomic E-state index is -3.72. The summed E-state index contributed by atoms with van der Waals surface area (Å²) in [5.41, 5.74) is 0. The van der Waals surface area contributed by atoms with Crippen molar-refractivity contribution in [1.82, 2.24) is 8.61 Å². The molecule has 21 heavy (non-hydrogen) atoms. The predicted molar refractivity (Wildman–Crippen MR) is 73.8 cm³/mol. The number of aliphatic hydroxyl groups excluding tert-OH is 1. The molecule has 2 heterocycles. The quantitative estimate of drug-likeness (QED) is 0.695. The number of hydrogen-bond donors (Lipinski definition) is 2. The zero-order valence-electron chi connectivity index (χ0n) is 12.0. The highest BCUT2D eigenvalue weighted by atomic mass is 32.2.